The van der Waals surface area contributed by atoms with Crippen LogP contribution in [-0.2, 0) is 9.53 Å². The number of benzene rings is 1. The van der Waals surface area contributed by atoms with Crippen molar-refractivity contribution >= 4 is 49.5 Å². The Bertz CT molecular complexity index is 581. The minimum absolute atomic E-state index is 0.0786. The molecule has 0 aromatic heterocycles. The van der Waals surface area contributed by atoms with E-state index >= 15 is 0 Å². The third-order valence-corrected chi connectivity index (χ3v) is 4.58. The van der Waals surface area contributed by atoms with E-state index in [1.807, 2.05) is 0 Å². The maximum Gasteiger partial charge on any atom is 0.319 e. The summed E-state index contributed by atoms with van der Waals surface area (Å²) in [6.45, 7) is 1.82. The number of carbonyl (C=O) groups excluding carboxylic acids is 1. The number of aliphatic carboxylic acids is 1. The summed E-state index contributed by atoms with van der Waals surface area (Å²) in [5.41, 5.74) is -0.527. The Kier molecular flexibility index (Phi) is 4.90. The number of hydrogen-bond donors (Lipinski definition) is 3. The van der Waals surface area contributed by atoms with Gasteiger partial charge in [-0.3, -0.25) is 4.79 Å². The average Bonchev–Trinajstić information content (AvgIpc) is 2.76. The molecule has 3 N–H and O–H groups in total. The first kappa shape index (κ1) is 16.3. The lowest BCUT2D eigenvalue weighted by atomic mass is 9.85. The molecular formula is C13H14Br2N2O4. The predicted octanol–water partition coefficient (Wildman–Crippen LogP) is 2.82. The van der Waals surface area contributed by atoms with Gasteiger partial charge in [-0.15, -0.1) is 0 Å². The van der Waals surface area contributed by atoms with Gasteiger partial charge in [-0.25, -0.2) is 4.79 Å². The number of carbonyl (C=O) groups is 2. The van der Waals surface area contributed by atoms with Crippen LogP contribution in [0.15, 0.2) is 27.1 Å². The first-order chi connectivity index (χ1) is 9.83. The summed E-state index contributed by atoms with van der Waals surface area (Å²) in [7, 11) is 0. The summed E-state index contributed by atoms with van der Waals surface area (Å²) in [5.74, 6) is -0.991. The first-order valence-electron chi connectivity index (χ1n) is 6.16. The number of anilines is 1. The molecule has 2 atom stereocenters. The van der Waals surface area contributed by atoms with Gasteiger partial charge in [0.25, 0.3) is 0 Å². The van der Waals surface area contributed by atoms with Gasteiger partial charge in [0, 0.05) is 8.95 Å². The molecule has 1 fully saturated rings. The molecule has 0 saturated carbocycles. The second-order valence-corrected chi connectivity index (χ2v) is 6.78. The molecule has 6 nitrogen and oxygen atoms in total. The number of halogens is 2. The van der Waals surface area contributed by atoms with Crippen molar-refractivity contribution < 1.29 is 19.4 Å². The monoisotopic (exact) mass is 420 g/mol. The number of rotatable bonds is 3. The molecular weight excluding hydrogens is 408 g/mol. The molecule has 0 bridgehead atoms. The van der Waals surface area contributed by atoms with Crippen LogP contribution < -0.4 is 10.6 Å². The van der Waals surface area contributed by atoms with Crippen LogP contribution >= 0.6 is 31.9 Å². The van der Waals surface area contributed by atoms with Crippen LogP contribution in [0.3, 0.4) is 0 Å². The molecule has 1 aromatic carbocycles. The average molecular weight is 422 g/mol. The fraction of sp³-hybridized carbons (Fsp3) is 0.385. The fourth-order valence-corrected chi connectivity index (χ4v) is 3.14. The summed E-state index contributed by atoms with van der Waals surface area (Å²) >= 11 is 6.67. The van der Waals surface area contributed by atoms with Crippen molar-refractivity contribution in [2.75, 3.05) is 18.5 Å². The molecule has 1 heterocycles. The molecule has 2 unspecified atom stereocenters. The van der Waals surface area contributed by atoms with Gasteiger partial charge in [0.15, 0.2) is 0 Å². The van der Waals surface area contributed by atoms with Crippen LogP contribution in [0.25, 0.3) is 0 Å². The predicted molar refractivity (Wildman–Crippen MR) is 84.3 cm³/mol. The summed E-state index contributed by atoms with van der Waals surface area (Å²) in [6.07, 6.45) is 0. The van der Waals surface area contributed by atoms with E-state index in [1.54, 1.807) is 25.1 Å². The zero-order valence-corrected chi connectivity index (χ0v) is 14.3. The lowest BCUT2D eigenvalue weighted by molar-refractivity contribution is -0.148. The van der Waals surface area contributed by atoms with E-state index in [1.165, 1.54) is 0 Å². The Morgan fingerprint density at radius 3 is 2.76 bits per heavy atom. The number of urea groups is 1. The van der Waals surface area contributed by atoms with Gasteiger partial charge < -0.3 is 20.5 Å². The molecule has 2 rings (SSSR count). The number of carboxylic acid groups (broad SMARTS) is 1. The molecule has 8 heteroatoms. The van der Waals surface area contributed by atoms with Crippen molar-refractivity contribution in [2.24, 2.45) is 5.41 Å². The standard InChI is InChI=1S/C13H14Br2N2O4/c1-13(11(18)19)6-21-5-10(13)17-12(20)16-9-3-2-7(14)4-8(9)15/h2-4,10H,5-6H2,1H3,(H,18,19)(H2,16,17,20). The molecule has 1 saturated heterocycles. The zero-order chi connectivity index (χ0) is 15.6. The summed E-state index contributed by atoms with van der Waals surface area (Å²) in [4.78, 5) is 23.3. The highest BCUT2D eigenvalue weighted by Crippen LogP contribution is 2.29. The fourth-order valence-electron chi connectivity index (χ4n) is 1.99. The normalized spacial score (nSPS) is 24.6. The molecule has 0 radical (unpaired) electrons. The van der Waals surface area contributed by atoms with Gasteiger partial charge in [0.1, 0.15) is 5.41 Å². The highest BCUT2D eigenvalue weighted by molar-refractivity contribution is 9.11. The maximum absolute atomic E-state index is 12.0. The van der Waals surface area contributed by atoms with E-state index in [0.29, 0.717) is 5.69 Å². The Morgan fingerprint density at radius 2 is 2.14 bits per heavy atom. The molecule has 114 valence electrons. The van der Waals surface area contributed by atoms with E-state index in [4.69, 9.17) is 4.74 Å². The van der Waals surface area contributed by atoms with Crippen LogP contribution in [0.5, 0.6) is 0 Å². The van der Waals surface area contributed by atoms with Gasteiger partial charge in [-0.2, -0.15) is 0 Å². The van der Waals surface area contributed by atoms with Crippen molar-refractivity contribution in [3.8, 4) is 0 Å². The summed E-state index contributed by atoms with van der Waals surface area (Å²) in [5, 5.41) is 14.6. The van der Waals surface area contributed by atoms with E-state index in [9.17, 15) is 14.7 Å². The minimum Gasteiger partial charge on any atom is -0.481 e. The van der Waals surface area contributed by atoms with Crippen LogP contribution in [0.2, 0.25) is 0 Å². The van der Waals surface area contributed by atoms with E-state index in [0.717, 1.165) is 8.95 Å². The Labute approximate surface area is 138 Å². The molecule has 2 amide bonds. The van der Waals surface area contributed by atoms with Gasteiger partial charge in [-0.1, -0.05) is 15.9 Å². The lowest BCUT2D eigenvalue weighted by Gasteiger charge is -2.25. The molecule has 1 aliphatic heterocycles. The van der Waals surface area contributed by atoms with Crippen molar-refractivity contribution in [2.45, 2.75) is 13.0 Å². The largest absolute Gasteiger partial charge is 0.481 e. The number of hydrogen-bond acceptors (Lipinski definition) is 3. The minimum atomic E-state index is -1.12. The topological polar surface area (TPSA) is 87.7 Å². The second-order valence-electron chi connectivity index (χ2n) is 5.01. The third-order valence-electron chi connectivity index (χ3n) is 3.43. The van der Waals surface area contributed by atoms with Gasteiger partial charge in [0.2, 0.25) is 0 Å². The van der Waals surface area contributed by atoms with Crippen molar-refractivity contribution in [1.29, 1.82) is 0 Å². The van der Waals surface area contributed by atoms with E-state index < -0.39 is 23.5 Å². The van der Waals surface area contributed by atoms with Crippen LogP contribution in [0.4, 0.5) is 10.5 Å². The van der Waals surface area contributed by atoms with Gasteiger partial charge in [0.05, 0.1) is 24.9 Å². The molecule has 0 spiro atoms. The number of ether oxygens (including phenoxy) is 1. The summed E-state index contributed by atoms with van der Waals surface area (Å²) < 4.78 is 6.78. The molecule has 1 aromatic rings. The molecule has 21 heavy (non-hydrogen) atoms. The van der Waals surface area contributed by atoms with Crippen molar-refractivity contribution in [1.82, 2.24) is 5.32 Å². The third kappa shape index (κ3) is 3.56. The SMILES string of the molecule is CC1(C(=O)O)COCC1NC(=O)Nc1ccc(Br)cc1Br. The first-order valence-corrected chi connectivity index (χ1v) is 7.75. The van der Waals surface area contributed by atoms with Crippen LogP contribution in [0.1, 0.15) is 6.92 Å². The maximum atomic E-state index is 12.0. The highest BCUT2D eigenvalue weighted by Gasteiger charge is 2.47. The quantitative estimate of drug-likeness (QED) is 0.700. The van der Waals surface area contributed by atoms with Crippen LogP contribution in [0, 0.1) is 5.41 Å². The Balaban J connectivity index is 2.03. The molecule has 0 aliphatic carbocycles. The van der Waals surface area contributed by atoms with Gasteiger partial charge in [-0.05, 0) is 41.1 Å². The molecule has 1 aliphatic rings. The van der Waals surface area contributed by atoms with Crippen molar-refractivity contribution in [3.05, 3.63) is 27.1 Å². The zero-order valence-electron chi connectivity index (χ0n) is 11.2. The van der Waals surface area contributed by atoms with Gasteiger partial charge >= 0.3 is 12.0 Å². The second kappa shape index (κ2) is 6.33. The van der Waals surface area contributed by atoms with Crippen LogP contribution in [-0.4, -0.2) is 36.4 Å². The highest BCUT2D eigenvalue weighted by atomic mass is 79.9. The van der Waals surface area contributed by atoms with E-state index in [-0.39, 0.29) is 13.2 Å². The van der Waals surface area contributed by atoms with E-state index in [2.05, 4.69) is 42.5 Å². The number of carboxylic acids is 1. The van der Waals surface area contributed by atoms with Crippen molar-refractivity contribution in [3.63, 3.8) is 0 Å². The lowest BCUT2D eigenvalue weighted by Crippen LogP contribution is -2.50. The summed E-state index contributed by atoms with van der Waals surface area (Å²) in [6, 6.07) is 4.27. The Hall–Kier alpha value is -1.12. The Morgan fingerprint density at radius 1 is 1.43 bits per heavy atom. The number of nitrogens with one attached hydrogen (secondary N) is 2. The smallest absolute Gasteiger partial charge is 0.319 e. The number of amides is 2.